The largest absolute Gasteiger partial charge is 0.461 e. The molecule has 0 aromatic heterocycles. The molecule has 82 valence electrons. The molecule has 1 aliphatic rings. The van der Waals surface area contributed by atoms with Gasteiger partial charge in [0.1, 0.15) is 6.10 Å². The molecule has 1 atom stereocenters. The van der Waals surface area contributed by atoms with Gasteiger partial charge in [0.15, 0.2) is 0 Å². The predicted molar refractivity (Wildman–Crippen MR) is 50.2 cm³/mol. The van der Waals surface area contributed by atoms with Gasteiger partial charge >= 0.3 is 13.6 Å². The van der Waals surface area contributed by atoms with Crippen LogP contribution in [0.5, 0.6) is 0 Å². The number of esters is 1. The summed E-state index contributed by atoms with van der Waals surface area (Å²) >= 11 is 0. The molecule has 0 N–H and O–H groups in total. The molecule has 6 heteroatoms. The van der Waals surface area contributed by atoms with E-state index in [1.807, 2.05) is 0 Å². The molecule has 0 spiro atoms. The Morgan fingerprint density at radius 1 is 1.43 bits per heavy atom. The van der Waals surface area contributed by atoms with Crippen LogP contribution < -0.4 is 0 Å². The molecule has 1 heterocycles. The van der Waals surface area contributed by atoms with Gasteiger partial charge in [-0.1, -0.05) is 0 Å². The van der Waals surface area contributed by atoms with Gasteiger partial charge in [0.25, 0.3) is 0 Å². The van der Waals surface area contributed by atoms with Crippen LogP contribution >= 0.6 is 7.60 Å². The summed E-state index contributed by atoms with van der Waals surface area (Å²) < 4.78 is 26.8. The molecule has 0 bridgehead atoms. The Hall–Kier alpha value is -0.380. The third kappa shape index (κ3) is 3.08. The maximum absolute atomic E-state index is 11.9. The van der Waals surface area contributed by atoms with Crippen LogP contribution in [0.3, 0.4) is 0 Å². The second kappa shape index (κ2) is 4.91. The zero-order chi connectivity index (χ0) is 10.6. The normalized spacial score (nSPS) is 21.6. The first-order valence-corrected chi connectivity index (χ1v) is 6.40. The standard InChI is InChI=1S/C8H15O5P/c1-3-11-14(10,12-4-2)6-7-5-8(9)13-7/h7H,3-6H2,1-2H3/t7-/m1/s1. The minimum Gasteiger partial charge on any atom is -0.461 e. The van der Waals surface area contributed by atoms with E-state index in [9.17, 15) is 9.36 Å². The number of hydrogen-bond acceptors (Lipinski definition) is 5. The van der Waals surface area contributed by atoms with Crippen LogP contribution in [0, 0.1) is 0 Å². The fraction of sp³-hybridized carbons (Fsp3) is 0.875. The van der Waals surface area contributed by atoms with Gasteiger partial charge in [-0.25, -0.2) is 0 Å². The fourth-order valence-corrected chi connectivity index (χ4v) is 3.02. The molecule has 1 saturated heterocycles. The molecular formula is C8H15O5P. The molecule has 5 nitrogen and oxygen atoms in total. The molecule has 0 unspecified atom stereocenters. The van der Waals surface area contributed by atoms with Crippen LogP contribution in [-0.4, -0.2) is 31.4 Å². The summed E-state index contributed by atoms with van der Waals surface area (Å²) in [5, 5.41) is 0. The first-order chi connectivity index (χ1) is 6.59. The maximum Gasteiger partial charge on any atom is 0.334 e. The molecule has 0 radical (unpaired) electrons. The van der Waals surface area contributed by atoms with Crippen molar-refractivity contribution in [2.45, 2.75) is 26.4 Å². The van der Waals surface area contributed by atoms with Gasteiger partial charge in [-0.2, -0.15) is 0 Å². The van der Waals surface area contributed by atoms with Gasteiger partial charge in [-0.3, -0.25) is 9.36 Å². The zero-order valence-corrected chi connectivity index (χ0v) is 9.29. The Kier molecular flexibility index (Phi) is 4.11. The average molecular weight is 222 g/mol. The Bertz CT molecular complexity index is 234. The fourth-order valence-electron chi connectivity index (χ4n) is 1.25. The number of rotatable bonds is 6. The lowest BCUT2D eigenvalue weighted by atomic mass is 10.2. The third-order valence-corrected chi connectivity index (χ3v) is 3.93. The van der Waals surface area contributed by atoms with Crippen molar-refractivity contribution < 1.29 is 23.1 Å². The van der Waals surface area contributed by atoms with Gasteiger partial charge in [-0.05, 0) is 13.8 Å². The van der Waals surface area contributed by atoms with Crippen molar-refractivity contribution in [3.05, 3.63) is 0 Å². The number of hydrogen-bond donors (Lipinski definition) is 0. The highest BCUT2D eigenvalue weighted by Gasteiger charge is 2.37. The summed E-state index contributed by atoms with van der Waals surface area (Å²) in [6, 6.07) is 0. The van der Waals surface area contributed by atoms with Gasteiger partial charge in [-0.15, -0.1) is 0 Å². The van der Waals surface area contributed by atoms with E-state index < -0.39 is 7.60 Å². The lowest BCUT2D eigenvalue weighted by molar-refractivity contribution is -0.167. The summed E-state index contributed by atoms with van der Waals surface area (Å²) in [7, 11) is -3.04. The Labute approximate surface area is 83.3 Å². The number of cyclic esters (lactones) is 1. The number of ether oxygens (including phenoxy) is 1. The molecule has 1 fully saturated rings. The van der Waals surface area contributed by atoms with Gasteiger partial charge in [0.2, 0.25) is 0 Å². The maximum atomic E-state index is 11.9. The molecule has 0 amide bonds. The van der Waals surface area contributed by atoms with Gasteiger partial charge in [0, 0.05) is 0 Å². The van der Waals surface area contributed by atoms with Crippen LogP contribution in [0.4, 0.5) is 0 Å². The van der Waals surface area contributed by atoms with Crippen LogP contribution in [-0.2, 0) is 23.1 Å². The number of carbonyl (C=O) groups is 1. The summed E-state index contributed by atoms with van der Waals surface area (Å²) in [6.07, 6.45) is 0.177. The molecular weight excluding hydrogens is 207 g/mol. The van der Waals surface area contributed by atoms with E-state index in [1.165, 1.54) is 0 Å². The van der Waals surface area contributed by atoms with E-state index in [0.29, 0.717) is 19.6 Å². The molecule has 1 aliphatic heterocycles. The van der Waals surface area contributed by atoms with Gasteiger partial charge in [0.05, 0.1) is 25.8 Å². The van der Waals surface area contributed by atoms with Crippen molar-refractivity contribution in [2.24, 2.45) is 0 Å². The predicted octanol–water partition coefficient (Wildman–Crippen LogP) is 1.57. The van der Waals surface area contributed by atoms with E-state index in [0.717, 1.165) is 0 Å². The highest BCUT2D eigenvalue weighted by molar-refractivity contribution is 7.53. The van der Waals surface area contributed by atoms with Crippen molar-refractivity contribution in [1.82, 2.24) is 0 Å². The van der Waals surface area contributed by atoms with Crippen molar-refractivity contribution >= 4 is 13.6 Å². The van der Waals surface area contributed by atoms with E-state index in [-0.39, 0.29) is 18.2 Å². The minimum absolute atomic E-state index is 0.167. The number of carbonyl (C=O) groups excluding carboxylic acids is 1. The van der Waals surface area contributed by atoms with Crippen LogP contribution in [0.1, 0.15) is 20.3 Å². The smallest absolute Gasteiger partial charge is 0.334 e. The second-order valence-electron chi connectivity index (χ2n) is 2.95. The Morgan fingerprint density at radius 3 is 2.29 bits per heavy atom. The summed E-state index contributed by atoms with van der Waals surface area (Å²) in [5.74, 6) is -0.255. The summed E-state index contributed by atoms with van der Waals surface area (Å²) in [4.78, 5) is 10.5. The monoisotopic (exact) mass is 222 g/mol. The van der Waals surface area contributed by atoms with E-state index in [4.69, 9.17) is 13.8 Å². The van der Waals surface area contributed by atoms with Crippen LogP contribution in [0.25, 0.3) is 0 Å². The molecule has 1 rings (SSSR count). The van der Waals surface area contributed by atoms with Gasteiger partial charge < -0.3 is 13.8 Å². The lowest BCUT2D eigenvalue weighted by Gasteiger charge is -2.28. The first kappa shape index (κ1) is 11.7. The summed E-state index contributed by atoms with van der Waals surface area (Å²) in [6.45, 7) is 4.16. The highest BCUT2D eigenvalue weighted by atomic mass is 31.2. The highest BCUT2D eigenvalue weighted by Crippen LogP contribution is 2.50. The van der Waals surface area contributed by atoms with E-state index in [1.54, 1.807) is 13.8 Å². The average Bonchev–Trinajstić information content (AvgIpc) is 2.02. The minimum atomic E-state index is -3.04. The SMILES string of the molecule is CCOP(=O)(C[C@H]1CC(=O)O1)OCC. The molecule has 0 aromatic carbocycles. The molecule has 0 aliphatic carbocycles. The third-order valence-electron chi connectivity index (χ3n) is 1.77. The second-order valence-corrected chi connectivity index (χ2v) is 5.05. The quantitative estimate of drug-likeness (QED) is 0.504. The molecule has 0 aromatic rings. The zero-order valence-electron chi connectivity index (χ0n) is 8.39. The lowest BCUT2D eigenvalue weighted by Crippen LogP contribution is -2.35. The van der Waals surface area contributed by atoms with Crippen molar-refractivity contribution in [2.75, 3.05) is 19.4 Å². The molecule has 0 saturated carbocycles. The first-order valence-electron chi connectivity index (χ1n) is 4.67. The topological polar surface area (TPSA) is 61.8 Å². The van der Waals surface area contributed by atoms with E-state index >= 15 is 0 Å². The van der Waals surface area contributed by atoms with E-state index in [2.05, 4.69) is 0 Å². The summed E-state index contributed by atoms with van der Waals surface area (Å²) in [5.41, 5.74) is 0. The van der Waals surface area contributed by atoms with Crippen molar-refractivity contribution in [3.8, 4) is 0 Å². The van der Waals surface area contributed by atoms with Crippen molar-refractivity contribution in [3.63, 3.8) is 0 Å². The van der Waals surface area contributed by atoms with Crippen LogP contribution in [0.15, 0.2) is 0 Å². The Morgan fingerprint density at radius 2 is 1.93 bits per heavy atom. The molecule has 14 heavy (non-hydrogen) atoms. The Balaban J connectivity index is 2.42. The van der Waals surface area contributed by atoms with Crippen molar-refractivity contribution in [1.29, 1.82) is 0 Å². The van der Waals surface area contributed by atoms with Crippen LogP contribution in [0.2, 0.25) is 0 Å².